The van der Waals surface area contributed by atoms with Crippen molar-refractivity contribution in [2.45, 2.75) is 19.0 Å². The van der Waals surface area contributed by atoms with Crippen LogP contribution < -0.4 is 0 Å². The molecule has 2 atom stereocenters. The number of carbonyl (C=O) groups is 1. The van der Waals surface area contributed by atoms with Crippen molar-refractivity contribution in [2.24, 2.45) is 5.92 Å². The molecule has 0 bridgehead atoms. The Hall–Kier alpha value is -1.39. The van der Waals surface area contributed by atoms with E-state index in [9.17, 15) is 4.79 Å². The van der Waals surface area contributed by atoms with Gasteiger partial charge in [-0.25, -0.2) is 0 Å². The van der Waals surface area contributed by atoms with Crippen LogP contribution in [0.15, 0.2) is 30.3 Å². The Morgan fingerprint density at radius 2 is 2.00 bits per heavy atom. The Labute approximate surface area is 113 Å². The lowest BCUT2D eigenvalue weighted by Crippen LogP contribution is -2.49. The lowest BCUT2D eigenvalue weighted by Gasteiger charge is -2.37. The Bertz CT molecular complexity index is 449. The minimum atomic E-state index is -0.635. The van der Waals surface area contributed by atoms with Gasteiger partial charge < -0.3 is 5.11 Å². The van der Waals surface area contributed by atoms with Gasteiger partial charge in [0.25, 0.3) is 0 Å². The molecule has 1 aromatic rings. The third kappa shape index (κ3) is 2.80. The van der Waals surface area contributed by atoms with E-state index < -0.39 is 5.97 Å². The number of piperazine rings is 1. The molecule has 0 saturated carbocycles. The first-order chi connectivity index (χ1) is 9.22. The van der Waals surface area contributed by atoms with Gasteiger partial charge in [-0.15, -0.1) is 0 Å². The number of hydrogen-bond donors (Lipinski definition) is 1. The van der Waals surface area contributed by atoms with Gasteiger partial charge in [0.2, 0.25) is 0 Å². The highest BCUT2D eigenvalue weighted by Crippen LogP contribution is 2.27. The fraction of sp³-hybridized carbons (Fsp3) is 0.533. The van der Waals surface area contributed by atoms with Gasteiger partial charge in [-0.2, -0.15) is 0 Å². The highest BCUT2D eigenvalue weighted by atomic mass is 16.4. The molecule has 2 aliphatic rings. The summed E-state index contributed by atoms with van der Waals surface area (Å²) in [7, 11) is 0. The topological polar surface area (TPSA) is 43.8 Å². The molecule has 102 valence electrons. The maximum absolute atomic E-state index is 11.1. The predicted molar refractivity (Wildman–Crippen MR) is 72.8 cm³/mol. The lowest BCUT2D eigenvalue weighted by molar-refractivity contribution is -0.141. The van der Waals surface area contributed by atoms with Crippen LogP contribution in [0.5, 0.6) is 0 Å². The third-order valence-corrected chi connectivity index (χ3v) is 4.30. The summed E-state index contributed by atoms with van der Waals surface area (Å²) in [6.45, 7) is 4.75. The maximum atomic E-state index is 11.1. The highest BCUT2D eigenvalue weighted by Gasteiger charge is 2.38. The van der Waals surface area contributed by atoms with Gasteiger partial charge in [0.15, 0.2) is 0 Å². The Morgan fingerprint density at radius 3 is 2.74 bits per heavy atom. The molecular weight excluding hydrogens is 240 g/mol. The second-order valence-electron chi connectivity index (χ2n) is 5.64. The number of carboxylic acids is 1. The van der Waals surface area contributed by atoms with Crippen LogP contribution in [0.1, 0.15) is 12.0 Å². The van der Waals surface area contributed by atoms with Gasteiger partial charge in [-0.1, -0.05) is 30.3 Å². The molecule has 1 N–H and O–H groups in total. The van der Waals surface area contributed by atoms with E-state index in [1.54, 1.807) is 0 Å². The molecule has 0 radical (unpaired) electrons. The molecule has 2 aliphatic heterocycles. The molecule has 1 aromatic carbocycles. The Kier molecular flexibility index (Phi) is 3.53. The molecule has 19 heavy (non-hydrogen) atoms. The first-order valence-electron chi connectivity index (χ1n) is 6.95. The summed E-state index contributed by atoms with van der Waals surface area (Å²) in [5.41, 5.74) is 1.34. The van der Waals surface area contributed by atoms with Crippen molar-refractivity contribution >= 4 is 5.97 Å². The van der Waals surface area contributed by atoms with E-state index in [0.717, 1.165) is 39.1 Å². The second kappa shape index (κ2) is 5.31. The zero-order chi connectivity index (χ0) is 13.2. The summed E-state index contributed by atoms with van der Waals surface area (Å²) in [5.74, 6) is -0.800. The van der Waals surface area contributed by atoms with Crippen molar-refractivity contribution in [3.8, 4) is 0 Å². The van der Waals surface area contributed by atoms with Gasteiger partial charge in [0.1, 0.15) is 0 Å². The molecule has 2 fully saturated rings. The number of rotatable bonds is 3. The third-order valence-electron chi connectivity index (χ3n) is 4.30. The fourth-order valence-corrected chi connectivity index (χ4v) is 3.27. The molecule has 0 aliphatic carbocycles. The van der Waals surface area contributed by atoms with E-state index in [4.69, 9.17) is 5.11 Å². The summed E-state index contributed by atoms with van der Waals surface area (Å²) >= 11 is 0. The first kappa shape index (κ1) is 12.6. The van der Waals surface area contributed by atoms with Crippen LogP contribution in [0.4, 0.5) is 0 Å². The summed E-state index contributed by atoms with van der Waals surface area (Å²) < 4.78 is 0. The minimum Gasteiger partial charge on any atom is -0.481 e. The number of hydrogen-bond acceptors (Lipinski definition) is 3. The van der Waals surface area contributed by atoms with Crippen molar-refractivity contribution in [3.63, 3.8) is 0 Å². The minimum absolute atomic E-state index is 0.165. The van der Waals surface area contributed by atoms with Crippen molar-refractivity contribution < 1.29 is 9.90 Å². The summed E-state index contributed by atoms with van der Waals surface area (Å²) in [6.07, 6.45) is 0.806. The van der Waals surface area contributed by atoms with Crippen LogP contribution in [0.3, 0.4) is 0 Å². The molecule has 3 rings (SSSR count). The second-order valence-corrected chi connectivity index (χ2v) is 5.64. The van der Waals surface area contributed by atoms with Crippen LogP contribution in [0, 0.1) is 5.92 Å². The van der Waals surface area contributed by atoms with Gasteiger partial charge in [-0.05, 0) is 12.0 Å². The average molecular weight is 260 g/mol. The summed E-state index contributed by atoms with van der Waals surface area (Å²) in [6, 6.07) is 10.9. The lowest BCUT2D eigenvalue weighted by atomic mass is 10.0. The van der Waals surface area contributed by atoms with Crippen molar-refractivity contribution in [1.29, 1.82) is 0 Å². The molecular formula is C15H20N2O2. The van der Waals surface area contributed by atoms with Gasteiger partial charge in [-0.3, -0.25) is 14.6 Å². The smallest absolute Gasteiger partial charge is 0.307 e. The van der Waals surface area contributed by atoms with Gasteiger partial charge >= 0.3 is 5.97 Å². The summed E-state index contributed by atoms with van der Waals surface area (Å²) in [4.78, 5) is 15.9. The first-order valence-corrected chi connectivity index (χ1v) is 6.95. The van der Waals surface area contributed by atoms with Gasteiger partial charge in [0.05, 0.1) is 5.92 Å². The molecule has 4 nitrogen and oxygen atoms in total. The molecule has 0 spiro atoms. The number of fused-ring (bicyclic) bond motifs is 1. The van der Waals surface area contributed by atoms with Crippen LogP contribution in [0.2, 0.25) is 0 Å². The van der Waals surface area contributed by atoms with Crippen LogP contribution in [-0.2, 0) is 11.3 Å². The monoisotopic (exact) mass is 260 g/mol. The quantitative estimate of drug-likeness (QED) is 0.889. The van der Waals surface area contributed by atoms with Crippen molar-refractivity contribution in [2.75, 3.05) is 26.2 Å². The van der Waals surface area contributed by atoms with Gasteiger partial charge in [0, 0.05) is 38.8 Å². The number of benzene rings is 1. The van der Waals surface area contributed by atoms with E-state index in [1.165, 1.54) is 5.56 Å². The molecule has 2 unspecified atom stereocenters. The number of carboxylic acid groups (broad SMARTS) is 1. The molecule has 0 amide bonds. The molecule has 4 heteroatoms. The molecule has 2 saturated heterocycles. The largest absolute Gasteiger partial charge is 0.481 e. The summed E-state index contributed by atoms with van der Waals surface area (Å²) in [5, 5.41) is 9.12. The number of nitrogens with zero attached hydrogens (tertiary/aromatic N) is 2. The van der Waals surface area contributed by atoms with E-state index in [2.05, 4.69) is 34.1 Å². The van der Waals surface area contributed by atoms with Crippen molar-refractivity contribution in [1.82, 2.24) is 9.80 Å². The van der Waals surface area contributed by atoms with E-state index in [1.807, 2.05) is 6.07 Å². The molecule has 2 heterocycles. The Morgan fingerprint density at radius 1 is 1.21 bits per heavy atom. The fourth-order valence-electron chi connectivity index (χ4n) is 3.27. The standard InChI is InChI=1S/C15H20N2O2/c18-15(19)13-8-14-11-16(6-7-17(14)10-13)9-12-4-2-1-3-5-12/h1-5,13-14H,6-11H2,(H,18,19). The van der Waals surface area contributed by atoms with Crippen LogP contribution in [-0.4, -0.2) is 53.1 Å². The van der Waals surface area contributed by atoms with E-state index in [-0.39, 0.29) is 5.92 Å². The normalized spacial score (nSPS) is 28.2. The Balaban J connectivity index is 1.59. The number of aliphatic carboxylic acids is 1. The maximum Gasteiger partial charge on any atom is 0.307 e. The SMILES string of the molecule is O=C(O)C1CC2CN(Cc3ccccc3)CCN2C1. The predicted octanol–water partition coefficient (Wildman–Crippen LogP) is 1.28. The van der Waals surface area contributed by atoms with Crippen LogP contribution in [0.25, 0.3) is 0 Å². The zero-order valence-corrected chi connectivity index (χ0v) is 11.0. The molecule has 0 aromatic heterocycles. The van der Waals surface area contributed by atoms with Crippen LogP contribution >= 0.6 is 0 Å². The highest BCUT2D eigenvalue weighted by molar-refractivity contribution is 5.70. The average Bonchev–Trinajstić information content (AvgIpc) is 2.83. The van der Waals surface area contributed by atoms with E-state index in [0.29, 0.717) is 6.04 Å². The van der Waals surface area contributed by atoms with Crippen molar-refractivity contribution in [3.05, 3.63) is 35.9 Å². The van der Waals surface area contributed by atoms with E-state index >= 15 is 0 Å². The zero-order valence-electron chi connectivity index (χ0n) is 11.0.